The van der Waals surface area contributed by atoms with Gasteiger partial charge in [0.1, 0.15) is 37.5 Å². The summed E-state index contributed by atoms with van der Waals surface area (Å²) in [5, 5.41) is 0. The summed E-state index contributed by atoms with van der Waals surface area (Å²) in [4.78, 5) is 15.4. The van der Waals surface area contributed by atoms with Crippen LogP contribution in [0, 0.1) is 0 Å². The molecule has 1 saturated heterocycles. The first-order chi connectivity index (χ1) is 19.3. The Balaban J connectivity index is 1.92. The van der Waals surface area contributed by atoms with E-state index in [1.54, 1.807) is 19.1 Å². The second kappa shape index (κ2) is 16.4. The SMILES string of the molecule is CCCCCCCCN(C(=O)OC(C)(C)C)[C@@H]1C=C2COC(c3ccccc3)O[C@@H]2C(OCOC)[C@H]1OCOC. The van der Waals surface area contributed by atoms with Crippen molar-refractivity contribution in [2.24, 2.45) is 0 Å². The van der Waals surface area contributed by atoms with Crippen molar-refractivity contribution >= 4 is 6.09 Å². The third kappa shape index (κ3) is 9.53. The van der Waals surface area contributed by atoms with Gasteiger partial charge in [0.25, 0.3) is 0 Å². The Morgan fingerprint density at radius 1 is 0.950 bits per heavy atom. The van der Waals surface area contributed by atoms with E-state index >= 15 is 0 Å². The molecule has 0 saturated carbocycles. The third-order valence-electron chi connectivity index (χ3n) is 6.95. The minimum absolute atomic E-state index is 0.0295. The van der Waals surface area contributed by atoms with Gasteiger partial charge in [-0.3, -0.25) is 4.90 Å². The Morgan fingerprint density at radius 2 is 1.60 bits per heavy atom. The van der Waals surface area contributed by atoms with Gasteiger partial charge in [-0.05, 0) is 32.8 Å². The molecule has 0 bridgehead atoms. The van der Waals surface area contributed by atoms with E-state index < -0.39 is 42.3 Å². The number of unbranched alkanes of at least 4 members (excludes halogenated alkanes) is 5. The molecule has 2 aliphatic rings. The van der Waals surface area contributed by atoms with Crippen molar-refractivity contribution in [2.75, 3.05) is 41.0 Å². The average molecular weight is 564 g/mol. The third-order valence-corrected chi connectivity index (χ3v) is 6.95. The summed E-state index contributed by atoms with van der Waals surface area (Å²) in [5.41, 5.74) is 1.17. The van der Waals surface area contributed by atoms with Crippen molar-refractivity contribution in [1.29, 1.82) is 0 Å². The van der Waals surface area contributed by atoms with Crippen LogP contribution in [0.1, 0.15) is 78.1 Å². The molecule has 0 N–H and O–H groups in total. The monoisotopic (exact) mass is 563 g/mol. The van der Waals surface area contributed by atoms with Crippen LogP contribution in [0.2, 0.25) is 0 Å². The molecule has 9 heteroatoms. The lowest BCUT2D eigenvalue weighted by Gasteiger charge is -2.47. The highest BCUT2D eigenvalue weighted by molar-refractivity contribution is 5.69. The van der Waals surface area contributed by atoms with Gasteiger partial charge >= 0.3 is 6.09 Å². The van der Waals surface area contributed by atoms with Crippen LogP contribution in [0.25, 0.3) is 0 Å². The normalized spacial score (nSPS) is 24.8. The van der Waals surface area contributed by atoms with E-state index in [4.69, 9.17) is 33.2 Å². The molecule has 1 aromatic rings. The van der Waals surface area contributed by atoms with Crippen molar-refractivity contribution in [3.05, 3.63) is 47.5 Å². The van der Waals surface area contributed by atoms with Crippen molar-refractivity contribution < 1.29 is 38.0 Å². The van der Waals surface area contributed by atoms with E-state index in [2.05, 4.69) is 6.92 Å². The number of carbonyl (C=O) groups is 1. The molecule has 9 nitrogen and oxygen atoms in total. The van der Waals surface area contributed by atoms with Crippen molar-refractivity contribution in [3.63, 3.8) is 0 Å². The fourth-order valence-electron chi connectivity index (χ4n) is 5.09. The number of amides is 1. The van der Waals surface area contributed by atoms with Gasteiger partial charge in [0, 0.05) is 26.3 Å². The zero-order valence-electron chi connectivity index (χ0n) is 25.1. The summed E-state index contributed by atoms with van der Waals surface area (Å²) in [7, 11) is 3.15. The van der Waals surface area contributed by atoms with Crippen molar-refractivity contribution in [3.8, 4) is 0 Å². The molecule has 0 aromatic heterocycles. The standard InChI is InChI=1S/C31H49NO8/c1-7-8-9-10-11-15-18-32(30(33)40-31(2,3)4)25-19-24-20-36-29(23-16-13-12-14-17-23)39-26(24)28(38-22-35-6)27(25)37-21-34-5/h12-14,16-17,19,25-29H,7-11,15,18,20-22H2,1-6H3/t25-,26+,27+,28?,29?/m1/s1. The molecule has 1 heterocycles. The highest BCUT2D eigenvalue weighted by Gasteiger charge is 2.49. The molecule has 40 heavy (non-hydrogen) atoms. The molecular formula is C31H49NO8. The lowest BCUT2D eigenvalue weighted by molar-refractivity contribution is -0.258. The maximum atomic E-state index is 13.6. The van der Waals surface area contributed by atoms with Crippen LogP contribution in [0.3, 0.4) is 0 Å². The molecule has 1 aliphatic carbocycles. The van der Waals surface area contributed by atoms with E-state index in [9.17, 15) is 4.79 Å². The Kier molecular flexibility index (Phi) is 13.4. The number of benzene rings is 1. The molecule has 1 fully saturated rings. The Morgan fingerprint density at radius 3 is 2.25 bits per heavy atom. The van der Waals surface area contributed by atoms with Crippen LogP contribution in [0.5, 0.6) is 0 Å². The minimum Gasteiger partial charge on any atom is -0.444 e. The quantitative estimate of drug-likeness (QED) is 0.146. The Bertz CT molecular complexity index is 902. The Hall–Kier alpha value is -2.01. The molecule has 3 rings (SSSR count). The maximum absolute atomic E-state index is 13.6. The number of carbonyl (C=O) groups excluding carboxylic acids is 1. The van der Waals surface area contributed by atoms with Crippen LogP contribution >= 0.6 is 0 Å². The summed E-state index contributed by atoms with van der Waals surface area (Å²) in [5.74, 6) is 0. The first-order valence-corrected chi connectivity index (χ1v) is 14.5. The predicted molar refractivity (Wildman–Crippen MR) is 152 cm³/mol. The smallest absolute Gasteiger partial charge is 0.410 e. The number of rotatable bonds is 15. The number of nitrogens with zero attached hydrogens (tertiary/aromatic N) is 1. The number of methoxy groups -OCH3 is 2. The van der Waals surface area contributed by atoms with Gasteiger partial charge in [-0.25, -0.2) is 4.79 Å². The molecular weight excluding hydrogens is 514 g/mol. The van der Waals surface area contributed by atoms with Crippen LogP contribution < -0.4 is 0 Å². The molecule has 0 spiro atoms. The molecule has 2 unspecified atom stereocenters. The zero-order chi connectivity index (χ0) is 29.0. The van der Waals surface area contributed by atoms with Gasteiger partial charge in [-0.1, -0.05) is 75.4 Å². The summed E-state index contributed by atoms with van der Waals surface area (Å²) < 4.78 is 41.5. The molecule has 226 valence electrons. The van der Waals surface area contributed by atoms with Gasteiger partial charge in [0.2, 0.25) is 0 Å². The summed E-state index contributed by atoms with van der Waals surface area (Å²) in [6.07, 6.45) is 6.09. The predicted octanol–water partition coefficient (Wildman–Crippen LogP) is 5.99. The number of fused-ring (bicyclic) bond motifs is 1. The molecule has 1 amide bonds. The first-order valence-electron chi connectivity index (χ1n) is 14.5. The average Bonchev–Trinajstić information content (AvgIpc) is 2.93. The van der Waals surface area contributed by atoms with Crippen LogP contribution in [-0.4, -0.2) is 81.9 Å². The lowest BCUT2D eigenvalue weighted by atomic mass is 9.86. The molecule has 5 atom stereocenters. The van der Waals surface area contributed by atoms with Crippen LogP contribution in [0.15, 0.2) is 42.0 Å². The summed E-state index contributed by atoms with van der Waals surface area (Å²) in [6.45, 7) is 8.76. The number of hydrogen-bond donors (Lipinski definition) is 0. The molecule has 1 aliphatic heterocycles. The maximum Gasteiger partial charge on any atom is 0.410 e. The van der Waals surface area contributed by atoms with E-state index in [1.165, 1.54) is 19.3 Å². The minimum atomic E-state index is -0.643. The van der Waals surface area contributed by atoms with Gasteiger partial charge in [0.05, 0.1) is 12.6 Å². The van der Waals surface area contributed by atoms with E-state index in [1.807, 2.05) is 57.2 Å². The summed E-state index contributed by atoms with van der Waals surface area (Å²) >= 11 is 0. The van der Waals surface area contributed by atoms with Crippen molar-refractivity contribution in [1.82, 2.24) is 4.90 Å². The number of ether oxygens (including phenoxy) is 7. The topological polar surface area (TPSA) is 84.9 Å². The fraction of sp³-hybridized carbons (Fsp3) is 0.710. The van der Waals surface area contributed by atoms with Crippen molar-refractivity contribution in [2.45, 2.75) is 102 Å². The van der Waals surface area contributed by atoms with E-state index in [0.717, 1.165) is 30.4 Å². The molecule has 0 radical (unpaired) electrons. The number of hydrogen-bond acceptors (Lipinski definition) is 8. The highest BCUT2D eigenvalue weighted by Crippen LogP contribution is 2.38. The fourth-order valence-corrected chi connectivity index (χ4v) is 5.09. The molecule has 1 aromatic carbocycles. The highest BCUT2D eigenvalue weighted by atomic mass is 16.7. The van der Waals surface area contributed by atoms with Crippen LogP contribution in [0.4, 0.5) is 4.79 Å². The summed E-state index contributed by atoms with van der Waals surface area (Å²) in [6, 6.07) is 9.33. The second-order valence-electron chi connectivity index (χ2n) is 11.4. The zero-order valence-corrected chi connectivity index (χ0v) is 25.1. The van der Waals surface area contributed by atoms with Crippen LogP contribution in [-0.2, 0) is 33.2 Å². The first kappa shape index (κ1) is 32.5. The largest absolute Gasteiger partial charge is 0.444 e. The van der Waals surface area contributed by atoms with Gasteiger partial charge in [-0.2, -0.15) is 0 Å². The Labute approximate surface area is 240 Å². The van der Waals surface area contributed by atoms with E-state index in [0.29, 0.717) is 13.2 Å². The van der Waals surface area contributed by atoms with Gasteiger partial charge in [0.15, 0.2) is 6.29 Å². The second-order valence-corrected chi connectivity index (χ2v) is 11.4. The van der Waals surface area contributed by atoms with E-state index in [-0.39, 0.29) is 13.6 Å². The lowest BCUT2D eigenvalue weighted by Crippen LogP contribution is -2.60. The van der Waals surface area contributed by atoms with Gasteiger partial charge in [-0.15, -0.1) is 0 Å². The van der Waals surface area contributed by atoms with Gasteiger partial charge < -0.3 is 33.2 Å².